The van der Waals surface area contributed by atoms with Gasteiger partial charge in [-0.25, -0.2) is 0 Å². The second-order valence-corrected chi connectivity index (χ2v) is 10.0. The number of halogens is 1. The predicted octanol–water partition coefficient (Wildman–Crippen LogP) is 6.73. The molecule has 0 saturated heterocycles. The number of pyridine rings is 1. The third-order valence-electron chi connectivity index (χ3n) is 4.98. The number of rotatable bonds is 9. The number of alkyl halides is 1. The molecule has 2 aromatic carbocycles. The molecule has 0 aliphatic heterocycles. The molecule has 0 spiro atoms. The molecule has 8 heteroatoms. The van der Waals surface area contributed by atoms with E-state index in [1.165, 1.54) is 0 Å². The summed E-state index contributed by atoms with van der Waals surface area (Å²) in [6, 6.07) is 16.5. The van der Waals surface area contributed by atoms with Crippen LogP contribution in [0, 0.1) is 6.92 Å². The van der Waals surface area contributed by atoms with Crippen LogP contribution in [-0.2, 0) is 9.53 Å². The number of nitrogens with zero attached hydrogens (tertiary/aromatic N) is 1. The van der Waals surface area contributed by atoms with E-state index in [1.807, 2.05) is 70.2 Å². The predicted molar refractivity (Wildman–Crippen MR) is 149 cm³/mol. The second kappa shape index (κ2) is 11.9. The maximum atomic E-state index is 12.9. The number of hydrogen-bond acceptors (Lipinski definition) is 5. The molecule has 0 aliphatic rings. The molecule has 0 fully saturated rings. The Labute approximate surface area is 220 Å². The first-order valence-electron chi connectivity index (χ1n) is 11.5. The summed E-state index contributed by atoms with van der Waals surface area (Å²) in [5.41, 5.74) is 4.64. The Morgan fingerprint density at radius 1 is 1.00 bits per heavy atom. The summed E-state index contributed by atoms with van der Waals surface area (Å²) >= 11 is 3.26. The molecule has 0 saturated carbocycles. The van der Waals surface area contributed by atoms with Gasteiger partial charge in [0.2, 0.25) is 5.91 Å². The van der Waals surface area contributed by atoms with Crippen LogP contribution in [0.25, 0.3) is 11.3 Å². The highest BCUT2D eigenvalue weighted by Crippen LogP contribution is 2.26. The lowest BCUT2D eigenvalue weighted by Gasteiger charge is -2.24. The lowest BCUT2D eigenvalue weighted by molar-refractivity contribution is -0.115. The molecule has 0 atom stereocenters. The first-order valence-corrected chi connectivity index (χ1v) is 12.7. The summed E-state index contributed by atoms with van der Waals surface area (Å²) in [5, 5.41) is 9.50. The van der Waals surface area contributed by atoms with Crippen LogP contribution in [0.3, 0.4) is 0 Å². The Balaban J connectivity index is 1.70. The van der Waals surface area contributed by atoms with Gasteiger partial charge in [-0.1, -0.05) is 40.2 Å². The van der Waals surface area contributed by atoms with Gasteiger partial charge in [-0.05, 0) is 70.2 Å². The van der Waals surface area contributed by atoms with Gasteiger partial charge in [-0.2, -0.15) is 0 Å². The Hall–Kier alpha value is -3.65. The largest absolute Gasteiger partial charge is 0.474 e. The molecule has 1 aromatic heterocycles. The van der Waals surface area contributed by atoms with Crippen molar-refractivity contribution in [3.05, 3.63) is 84.4 Å². The fourth-order valence-electron chi connectivity index (χ4n) is 3.48. The van der Waals surface area contributed by atoms with Gasteiger partial charge in [-0.3, -0.25) is 14.6 Å². The Morgan fingerprint density at radius 2 is 1.64 bits per heavy atom. The topological polar surface area (TPSA) is 92.4 Å². The van der Waals surface area contributed by atoms with E-state index >= 15 is 0 Å². The van der Waals surface area contributed by atoms with Gasteiger partial charge in [0, 0.05) is 22.9 Å². The standard InChI is InChI=1S/C28H31BrN4O3/c1-18-16-22(32-25(34)14-15-29)17-30-26(18)20-10-12-21(13-11-20)27(35)33-24-9-7-6-8-23(24)31-19(2)36-28(3,4)5/h6-13,16-17,31H,2,14-15H2,1,3-5H3,(H,32,34)(H,33,35). The van der Waals surface area contributed by atoms with E-state index in [0.29, 0.717) is 40.3 Å². The first-order chi connectivity index (χ1) is 17.1. The zero-order valence-electron chi connectivity index (χ0n) is 20.9. The summed E-state index contributed by atoms with van der Waals surface area (Å²) in [6.45, 7) is 11.7. The van der Waals surface area contributed by atoms with E-state index in [1.54, 1.807) is 18.3 Å². The molecule has 1 heterocycles. The monoisotopic (exact) mass is 550 g/mol. The van der Waals surface area contributed by atoms with Crippen molar-refractivity contribution in [3.8, 4) is 11.3 Å². The lowest BCUT2D eigenvalue weighted by Crippen LogP contribution is -2.21. The van der Waals surface area contributed by atoms with Crippen molar-refractivity contribution in [2.24, 2.45) is 0 Å². The number of anilines is 3. The molecule has 3 N–H and O–H groups in total. The van der Waals surface area contributed by atoms with Crippen molar-refractivity contribution in [2.75, 3.05) is 21.3 Å². The van der Waals surface area contributed by atoms with Crippen LogP contribution in [0.2, 0.25) is 0 Å². The van der Waals surface area contributed by atoms with Crippen LogP contribution in [0.4, 0.5) is 17.1 Å². The third-order valence-corrected chi connectivity index (χ3v) is 5.38. The third kappa shape index (κ3) is 7.68. The van der Waals surface area contributed by atoms with E-state index in [4.69, 9.17) is 4.74 Å². The van der Waals surface area contributed by atoms with E-state index in [2.05, 4.69) is 43.4 Å². The zero-order valence-corrected chi connectivity index (χ0v) is 22.5. The van der Waals surface area contributed by atoms with Crippen LogP contribution in [0.15, 0.2) is 73.3 Å². The van der Waals surface area contributed by atoms with Crippen LogP contribution >= 0.6 is 15.9 Å². The Morgan fingerprint density at radius 3 is 2.22 bits per heavy atom. The summed E-state index contributed by atoms with van der Waals surface area (Å²) in [6.07, 6.45) is 2.03. The average molecular weight is 551 g/mol. The molecule has 0 unspecified atom stereocenters. The summed E-state index contributed by atoms with van der Waals surface area (Å²) in [7, 11) is 0. The highest BCUT2D eigenvalue weighted by molar-refractivity contribution is 9.09. The smallest absolute Gasteiger partial charge is 0.255 e. The molecule has 3 aromatic rings. The van der Waals surface area contributed by atoms with Gasteiger partial charge in [0.25, 0.3) is 5.91 Å². The minimum absolute atomic E-state index is 0.0704. The fraction of sp³-hybridized carbons (Fsp3) is 0.250. The molecule has 7 nitrogen and oxygen atoms in total. The van der Waals surface area contributed by atoms with Gasteiger partial charge < -0.3 is 20.7 Å². The van der Waals surface area contributed by atoms with Gasteiger partial charge in [0.05, 0.1) is 29.0 Å². The number of aromatic nitrogens is 1. The minimum atomic E-state index is -0.390. The maximum absolute atomic E-state index is 12.9. The van der Waals surface area contributed by atoms with Crippen LogP contribution < -0.4 is 16.0 Å². The molecule has 0 aliphatic carbocycles. The number of para-hydroxylation sites is 2. The molecule has 0 bridgehead atoms. The highest BCUT2D eigenvalue weighted by atomic mass is 79.9. The van der Waals surface area contributed by atoms with Gasteiger partial charge >= 0.3 is 0 Å². The van der Waals surface area contributed by atoms with Crippen molar-refractivity contribution < 1.29 is 14.3 Å². The molecule has 36 heavy (non-hydrogen) atoms. The summed E-state index contributed by atoms with van der Waals surface area (Å²) < 4.78 is 5.74. The van der Waals surface area contributed by atoms with Gasteiger partial charge in [-0.15, -0.1) is 0 Å². The SMILES string of the molecule is C=C(Nc1ccccc1NC(=O)c1ccc(-c2ncc(NC(=O)CCBr)cc2C)cc1)OC(C)(C)C. The highest BCUT2D eigenvalue weighted by Gasteiger charge is 2.15. The van der Waals surface area contributed by atoms with Crippen LogP contribution in [-0.4, -0.2) is 27.7 Å². The van der Waals surface area contributed by atoms with Crippen LogP contribution in [0.1, 0.15) is 43.1 Å². The number of benzene rings is 2. The van der Waals surface area contributed by atoms with Crippen molar-refractivity contribution >= 4 is 44.8 Å². The van der Waals surface area contributed by atoms with E-state index in [9.17, 15) is 9.59 Å². The molecule has 2 amide bonds. The van der Waals surface area contributed by atoms with Gasteiger partial charge in [0.15, 0.2) is 5.88 Å². The number of ether oxygens (including phenoxy) is 1. The van der Waals surface area contributed by atoms with Crippen molar-refractivity contribution in [1.29, 1.82) is 0 Å². The summed E-state index contributed by atoms with van der Waals surface area (Å²) in [4.78, 5) is 29.3. The molecular weight excluding hydrogens is 520 g/mol. The minimum Gasteiger partial charge on any atom is -0.474 e. The van der Waals surface area contributed by atoms with Crippen molar-refractivity contribution in [3.63, 3.8) is 0 Å². The normalized spacial score (nSPS) is 10.9. The molecule has 188 valence electrons. The Kier molecular flexibility index (Phi) is 8.88. The first kappa shape index (κ1) is 26.9. The zero-order chi connectivity index (χ0) is 26.3. The Bertz CT molecular complexity index is 1250. The fourth-order valence-corrected chi connectivity index (χ4v) is 3.84. The quantitative estimate of drug-likeness (QED) is 0.203. The molecule has 0 radical (unpaired) electrons. The number of amides is 2. The van der Waals surface area contributed by atoms with E-state index < -0.39 is 5.60 Å². The second-order valence-electron chi connectivity index (χ2n) is 9.22. The number of hydrogen-bond donors (Lipinski definition) is 3. The van der Waals surface area contributed by atoms with Crippen molar-refractivity contribution in [1.82, 2.24) is 4.98 Å². The summed E-state index contributed by atoms with van der Waals surface area (Å²) in [5.74, 6) is 0.0804. The molecular formula is C28H31BrN4O3. The van der Waals surface area contributed by atoms with E-state index in [-0.39, 0.29) is 11.8 Å². The van der Waals surface area contributed by atoms with Crippen LogP contribution in [0.5, 0.6) is 0 Å². The lowest BCUT2D eigenvalue weighted by atomic mass is 10.0. The number of carbonyl (C=O) groups is 2. The van der Waals surface area contributed by atoms with Crippen molar-refractivity contribution in [2.45, 2.75) is 39.7 Å². The average Bonchev–Trinajstić information content (AvgIpc) is 2.79. The number of carbonyl (C=O) groups excluding carboxylic acids is 2. The number of nitrogens with one attached hydrogen (secondary N) is 3. The van der Waals surface area contributed by atoms with Gasteiger partial charge in [0.1, 0.15) is 5.60 Å². The molecule has 3 rings (SSSR count). The maximum Gasteiger partial charge on any atom is 0.255 e. The van der Waals surface area contributed by atoms with E-state index in [0.717, 1.165) is 16.8 Å². The number of aryl methyl sites for hydroxylation is 1.